The number of amides is 1. The lowest BCUT2D eigenvalue weighted by atomic mass is 10.2. The molecule has 5 nitrogen and oxygen atoms in total. The van der Waals surface area contributed by atoms with Crippen LogP contribution in [-0.2, 0) is 11.3 Å². The lowest BCUT2D eigenvalue weighted by Gasteiger charge is -2.30. The molecule has 0 radical (unpaired) electrons. The zero-order chi connectivity index (χ0) is 17.4. The Bertz CT molecular complexity index is 882. The van der Waals surface area contributed by atoms with E-state index in [-0.39, 0.29) is 11.1 Å². The molecule has 4 rings (SSSR count). The molecule has 1 saturated heterocycles. The van der Waals surface area contributed by atoms with Crippen LogP contribution in [0.2, 0.25) is 0 Å². The van der Waals surface area contributed by atoms with Crippen molar-refractivity contribution in [2.45, 2.75) is 11.4 Å². The monoisotopic (exact) mass is 368 g/mol. The van der Waals surface area contributed by atoms with Gasteiger partial charge in [0.1, 0.15) is 4.91 Å². The summed E-state index contributed by atoms with van der Waals surface area (Å²) in [6, 6.07) is 11.9. The first kappa shape index (κ1) is 16.2. The number of anilines is 1. The molecule has 0 spiro atoms. The largest absolute Gasteiger partial charge is 0.345 e. The van der Waals surface area contributed by atoms with Gasteiger partial charge in [-0.1, -0.05) is 18.2 Å². The second-order valence-corrected chi connectivity index (χ2v) is 7.77. The molecular formula is C18H16N4OS2. The SMILES string of the molecule is CN1C(=C2SC(=N)N(Cc3cccnc3)C2=O)CSc2ccccc21. The van der Waals surface area contributed by atoms with Gasteiger partial charge in [-0.15, -0.1) is 11.8 Å². The second-order valence-electron chi connectivity index (χ2n) is 5.75. The minimum atomic E-state index is -0.0966. The molecule has 0 saturated carbocycles. The minimum Gasteiger partial charge on any atom is -0.345 e. The van der Waals surface area contributed by atoms with Gasteiger partial charge in [-0.25, -0.2) is 0 Å². The van der Waals surface area contributed by atoms with Crippen LogP contribution in [0.15, 0.2) is 64.3 Å². The molecule has 1 N–H and O–H groups in total. The molecule has 0 atom stereocenters. The normalized spacial score (nSPS) is 20.2. The molecule has 1 amide bonds. The van der Waals surface area contributed by atoms with Crippen LogP contribution in [0.25, 0.3) is 0 Å². The predicted octanol–water partition coefficient (Wildman–Crippen LogP) is 3.55. The summed E-state index contributed by atoms with van der Waals surface area (Å²) >= 11 is 2.98. The van der Waals surface area contributed by atoms with Crippen LogP contribution in [0.4, 0.5) is 5.69 Å². The summed E-state index contributed by atoms with van der Waals surface area (Å²) in [6.45, 7) is 0.378. The highest BCUT2D eigenvalue weighted by Crippen LogP contribution is 2.43. The van der Waals surface area contributed by atoms with E-state index in [1.54, 1.807) is 24.2 Å². The first-order valence-electron chi connectivity index (χ1n) is 7.81. The summed E-state index contributed by atoms with van der Waals surface area (Å²) in [7, 11) is 1.99. The number of benzene rings is 1. The zero-order valence-electron chi connectivity index (χ0n) is 13.6. The number of rotatable bonds is 2. The van der Waals surface area contributed by atoms with Crippen molar-refractivity contribution >= 4 is 40.3 Å². The molecule has 2 aliphatic heterocycles. The van der Waals surface area contributed by atoms with Crippen molar-refractivity contribution in [2.75, 3.05) is 17.7 Å². The summed E-state index contributed by atoms with van der Waals surface area (Å²) in [5.74, 6) is 0.635. The number of nitrogens with zero attached hydrogens (tertiary/aromatic N) is 3. The third-order valence-corrected chi connectivity index (χ3v) is 6.31. The number of amidine groups is 1. The van der Waals surface area contributed by atoms with Crippen molar-refractivity contribution in [3.63, 3.8) is 0 Å². The van der Waals surface area contributed by atoms with E-state index >= 15 is 0 Å². The van der Waals surface area contributed by atoms with Crippen LogP contribution in [0, 0.1) is 5.41 Å². The molecule has 0 bridgehead atoms. The Kier molecular flexibility index (Phi) is 4.27. The summed E-state index contributed by atoms with van der Waals surface area (Å²) < 4.78 is 0. The number of hydrogen-bond donors (Lipinski definition) is 1. The van der Waals surface area contributed by atoms with Gasteiger partial charge in [0.15, 0.2) is 5.17 Å². The maximum atomic E-state index is 12.9. The average molecular weight is 368 g/mol. The first-order chi connectivity index (χ1) is 12.1. The van der Waals surface area contributed by atoms with E-state index in [4.69, 9.17) is 5.41 Å². The lowest BCUT2D eigenvalue weighted by Crippen LogP contribution is -2.30. The minimum absolute atomic E-state index is 0.0966. The fourth-order valence-corrected chi connectivity index (χ4v) is 5.10. The fourth-order valence-electron chi connectivity index (χ4n) is 2.87. The van der Waals surface area contributed by atoms with Gasteiger partial charge in [0, 0.05) is 35.8 Å². The third kappa shape index (κ3) is 2.94. The molecule has 1 aromatic carbocycles. The van der Waals surface area contributed by atoms with Crippen LogP contribution in [0.5, 0.6) is 0 Å². The topological polar surface area (TPSA) is 60.3 Å². The highest BCUT2D eigenvalue weighted by atomic mass is 32.2. The predicted molar refractivity (Wildman–Crippen MR) is 103 cm³/mol. The van der Waals surface area contributed by atoms with E-state index < -0.39 is 0 Å². The molecule has 1 aromatic heterocycles. The molecule has 2 aliphatic rings. The number of fused-ring (bicyclic) bond motifs is 1. The Morgan fingerprint density at radius 3 is 2.88 bits per heavy atom. The molecule has 2 aromatic rings. The number of aromatic nitrogens is 1. The van der Waals surface area contributed by atoms with E-state index in [1.807, 2.05) is 31.3 Å². The maximum Gasteiger partial charge on any atom is 0.268 e. The van der Waals surface area contributed by atoms with Crippen LogP contribution < -0.4 is 4.90 Å². The highest BCUT2D eigenvalue weighted by molar-refractivity contribution is 8.18. The van der Waals surface area contributed by atoms with Crippen LogP contribution in [0.1, 0.15) is 5.56 Å². The van der Waals surface area contributed by atoms with E-state index in [0.29, 0.717) is 11.4 Å². The number of para-hydroxylation sites is 1. The summed E-state index contributed by atoms with van der Waals surface area (Å²) in [4.78, 5) is 22.5. The van der Waals surface area contributed by atoms with Gasteiger partial charge in [0.2, 0.25) is 0 Å². The molecule has 0 unspecified atom stereocenters. The Morgan fingerprint density at radius 2 is 2.08 bits per heavy atom. The van der Waals surface area contributed by atoms with Gasteiger partial charge < -0.3 is 4.90 Å². The summed E-state index contributed by atoms with van der Waals surface area (Å²) in [5, 5.41) is 8.51. The number of thioether (sulfide) groups is 2. The average Bonchev–Trinajstić information content (AvgIpc) is 2.91. The zero-order valence-corrected chi connectivity index (χ0v) is 15.2. The molecule has 3 heterocycles. The van der Waals surface area contributed by atoms with Gasteiger partial charge in [0.05, 0.1) is 12.2 Å². The fraction of sp³-hybridized carbons (Fsp3) is 0.167. The van der Waals surface area contributed by atoms with Crippen LogP contribution >= 0.6 is 23.5 Å². The Labute approximate surface area is 154 Å². The Hall–Kier alpha value is -2.25. The quantitative estimate of drug-likeness (QED) is 0.822. The lowest BCUT2D eigenvalue weighted by molar-refractivity contribution is -0.122. The number of hydrogen-bond acceptors (Lipinski definition) is 6. The molecule has 0 aliphatic carbocycles. The van der Waals surface area contributed by atoms with Crippen LogP contribution in [-0.4, -0.2) is 33.8 Å². The maximum absolute atomic E-state index is 12.9. The van der Waals surface area contributed by atoms with Gasteiger partial charge in [-0.2, -0.15) is 0 Å². The van der Waals surface area contributed by atoms with E-state index in [0.717, 1.165) is 22.7 Å². The Balaban J connectivity index is 1.64. The van der Waals surface area contributed by atoms with Crippen molar-refractivity contribution in [2.24, 2.45) is 0 Å². The number of nitrogens with one attached hydrogen (secondary N) is 1. The van der Waals surface area contributed by atoms with Gasteiger partial charge >= 0.3 is 0 Å². The van der Waals surface area contributed by atoms with Crippen LogP contribution in [0.3, 0.4) is 0 Å². The second kappa shape index (κ2) is 6.57. The smallest absolute Gasteiger partial charge is 0.268 e. The van der Waals surface area contributed by atoms with Crippen molar-refractivity contribution in [1.29, 1.82) is 5.41 Å². The van der Waals surface area contributed by atoms with Gasteiger partial charge in [0.25, 0.3) is 5.91 Å². The Morgan fingerprint density at radius 1 is 1.24 bits per heavy atom. The van der Waals surface area contributed by atoms with Crippen molar-refractivity contribution in [3.8, 4) is 0 Å². The highest BCUT2D eigenvalue weighted by Gasteiger charge is 2.36. The van der Waals surface area contributed by atoms with Crippen molar-refractivity contribution in [1.82, 2.24) is 9.88 Å². The number of carbonyl (C=O) groups excluding carboxylic acids is 1. The summed E-state index contributed by atoms with van der Waals surface area (Å²) in [6.07, 6.45) is 3.43. The van der Waals surface area contributed by atoms with Gasteiger partial charge in [-0.05, 0) is 35.5 Å². The first-order valence-corrected chi connectivity index (χ1v) is 9.61. The van der Waals surface area contributed by atoms with E-state index in [2.05, 4.69) is 22.0 Å². The number of pyridine rings is 1. The molecular weight excluding hydrogens is 352 g/mol. The van der Waals surface area contributed by atoms with E-state index in [1.165, 1.54) is 21.6 Å². The van der Waals surface area contributed by atoms with Crippen molar-refractivity contribution < 1.29 is 4.79 Å². The molecule has 7 heteroatoms. The van der Waals surface area contributed by atoms with Crippen molar-refractivity contribution in [3.05, 3.63) is 65.0 Å². The third-order valence-electron chi connectivity index (χ3n) is 4.20. The molecule has 126 valence electrons. The van der Waals surface area contributed by atoms with E-state index in [9.17, 15) is 4.79 Å². The molecule has 1 fully saturated rings. The van der Waals surface area contributed by atoms with Gasteiger partial charge in [-0.3, -0.25) is 20.1 Å². The number of carbonyl (C=O) groups is 1. The standard InChI is InChI=1S/C18H16N4OS2/c1-21-13-6-2-3-7-15(13)24-11-14(21)16-17(23)22(18(19)25-16)10-12-5-4-8-20-9-12/h2-9,19H,10-11H2,1H3. The summed E-state index contributed by atoms with van der Waals surface area (Å²) in [5.41, 5.74) is 2.99. The molecule has 25 heavy (non-hydrogen) atoms.